The van der Waals surface area contributed by atoms with Crippen LogP contribution < -0.4 is 0 Å². The molecule has 0 saturated carbocycles. The molecule has 2 aromatic carbocycles. The summed E-state index contributed by atoms with van der Waals surface area (Å²) in [7, 11) is 0. The molecule has 0 aliphatic rings. The summed E-state index contributed by atoms with van der Waals surface area (Å²) in [5, 5.41) is 1.75. The fourth-order valence-corrected chi connectivity index (χ4v) is 4.76. The number of hydrogen-bond acceptors (Lipinski definition) is 4. The second-order valence-corrected chi connectivity index (χ2v) is 7.50. The predicted molar refractivity (Wildman–Crippen MR) is 89.8 cm³/mol. The predicted octanol–water partition coefficient (Wildman–Crippen LogP) is 5.96. The molecular formula is C16H11F2NS3. The number of nitrogens with zero attached hydrogens (tertiary/aromatic N) is 1. The summed E-state index contributed by atoms with van der Waals surface area (Å²) in [4.78, 5) is 5.28. The minimum absolute atomic E-state index is 0.638. The van der Waals surface area contributed by atoms with Gasteiger partial charge in [0, 0.05) is 10.5 Å². The summed E-state index contributed by atoms with van der Waals surface area (Å²) >= 11 is 4.56. The van der Waals surface area contributed by atoms with Crippen LogP contribution in [-0.4, -0.2) is 11.2 Å². The molecule has 22 heavy (non-hydrogen) atoms. The monoisotopic (exact) mass is 351 g/mol. The third-order valence-corrected chi connectivity index (χ3v) is 6.33. The van der Waals surface area contributed by atoms with E-state index in [1.54, 1.807) is 29.2 Å². The van der Waals surface area contributed by atoms with Crippen molar-refractivity contribution in [3.63, 3.8) is 0 Å². The van der Waals surface area contributed by atoms with Crippen molar-refractivity contribution in [1.82, 2.24) is 4.98 Å². The van der Waals surface area contributed by atoms with Gasteiger partial charge < -0.3 is 0 Å². The third kappa shape index (κ3) is 3.34. The van der Waals surface area contributed by atoms with Crippen molar-refractivity contribution < 1.29 is 8.78 Å². The van der Waals surface area contributed by atoms with Gasteiger partial charge in [-0.3, -0.25) is 0 Å². The van der Waals surface area contributed by atoms with Crippen molar-refractivity contribution in [2.45, 2.75) is 14.1 Å². The minimum Gasteiger partial charge on any atom is -0.228 e. The molecule has 0 spiro atoms. The van der Waals surface area contributed by atoms with E-state index in [4.69, 9.17) is 0 Å². The van der Waals surface area contributed by atoms with E-state index in [2.05, 4.69) is 4.98 Å². The van der Waals surface area contributed by atoms with Crippen molar-refractivity contribution in [2.24, 2.45) is 0 Å². The number of halogens is 2. The van der Waals surface area contributed by atoms with Gasteiger partial charge in [-0.15, -0.1) is 23.1 Å². The second kappa shape index (κ2) is 6.81. The lowest BCUT2D eigenvalue weighted by Gasteiger charge is -2.01. The molecule has 0 saturated heterocycles. The van der Waals surface area contributed by atoms with E-state index < -0.39 is 11.6 Å². The molecule has 0 aliphatic heterocycles. The van der Waals surface area contributed by atoms with Gasteiger partial charge >= 0.3 is 0 Å². The molecule has 0 fully saturated rings. The Hall–Kier alpha value is -1.37. The summed E-state index contributed by atoms with van der Waals surface area (Å²) in [6.45, 7) is 0. The van der Waals surface area contributed by atoms with Crippen LogP contribution in [0, 0.1) is 11.6 Å². The summed E-state index contributed by atoms with van der Waals surface area (Å²) in [6.07, 6.45) is 1.98. The van der Waals surface area contributed by atoms with Gasteiger partial charge in [-0.05, 0) is 24.5 Å². The normalized spacial score (nSPS) is 10.9. The van der Waals surface area contributed by atoms with Crippen LogP contribution in [-0.2, 0) is 0 Å². The van der Waals surface area contributed by atoms with E-state index in [9.17, 15) is 8.78 Å². The van der Waals surface area contributed by atoms with Crippen LogP contribution in [0.3, 0.4) is 0 Å². The highest BCUT2D eigenvalue weighted by Crippen LogP contribution is 2.41. The lowest BCUT2D eigenvalue weighted by molar-refractivity contribution is 0.506. The average molecular weight is 351 g/mol. The fourth-order valence-electron chi connectivity index (χ4n) is 1.84. The van der Waals surface area contributed by atoms with E-state index in [-0.39, 0.29) is 0 Å². The van der Waals surface area contributed by atoms with Crippen molar-refractivity contribution >= 4 is 34.9 Å². The molecule has 1 heterocycles. The van der Waals surface area contributed by atoms with Crippen LogP contribution in [0.1, 0.15) is 0 Å². The summed E-state index contributed by atoms with van der Waals surface area (Å²) in [5.74, 6) is -1.67. The van der Waals surface area contributed by atoms with Crippen LogP contribution in [0.25, 0.3) is 10.6 Å². The first-order valence-electron chi connectivity index (χ1n) is 6.40. The Balaban J connectivity index is 1.93. The molecule has 6 heteroatoms. The Morgan fingerprint density at radius 3 is 2.45 bits per heavy atom. The van der Waals surface area contributed by atoms with Crippen molar-refractivity contribution in [3.05, 3.63) is 60.2 Å². The molecule has 1 nitrogen and oxygen atoms in total. The maximum Gasteiger partial charge on any atom is 0.159 e. The molecule has 112 valence electrons. The molecular weight excluding hydrogens is 340 g/mol. The van der Waals surface area contributed by atoms with Crippen LogP contribution in [0.15, 0.2) is 62.7 Å². The summed E-state index contributed by atoms with van der Waals surface area (Å²) < 4.78 is 27.4. The Kier molecular flexibility index (Phi) is 4.81. The van der Waals surface area contributed by atoms with E-state index in [0.29, 0.717) is 4.90 Å². The highest BCUT2D eigenvalue weighted by atomic mass is 32.2. The maximum atomic E-state index is 13.3. The molecule has 0 unspecified atom stereocenters. The van der Waals surface area contributed by atoms with Gasteiger partial charge in [0.1, 0.15) is 10.0 Å². The number of aromatic nitrogens is 1. The number of benzene rings is 2. The zero-order valence-electron chi connectivity index (χ0n) is 11.5. The van der Waals surface area contributed by atoms with Gasteiger partial charge in [0.15, 0.2) is 11.6 Å². The Bertz CT molecular complexity index is 787. The molecule has 3 aromatic rings. The molecule has 0 aliphatic carbocycles. The smallest absolute Gasteiger partial charge is 0.159 e. The number of rotatable bonds is 4. The van der Waals surface area contributed by atoms with Gasteiger partial charge in [-0.2, -0.15) is 0 Å². The van der Waals surface area contributed by atoms with Crippen LogP contribution >= 0.6 is 34.9 Å². The lowest BCUT2D eigenvalue weighted by Crippen LogP contribution is -1.84. The molecule has 3 rings (SSSR count). The summed E-state index contributed by atoms with van der Waals surface area (Å²) in [6, 6.07) is 13.8. The van der Waals surface area contributed by atoms with Crippen molar-refractivity contribution in [2.75, 3.05) is 6.26 Å². The Labute approximate surface area is 139 Å². The SMILES string of the molecule is CSc1sc(-c2ccccc2)nc1Sc1ccc(F)c(F)c1. The van der Waals surface area contributed by atoms with Crippen LogP contribution in [0.5, 0.6) is 0 Å². The van der Waals surface area contributed by atoms with Crippen LogP contribution in [0.4, 0.5) is 8.78 Å². The zero-order valence-corrected chi connectivity index (χ0v) is 14.0. The minimum atomic E-state index is -0.839. The molecule has 0 N–H and O–H groups in total. The Morgan fingerprint density at radius 1 is 1.00 bits per heavy atom. The average Bonchev–Trinajstić information content (AvgIpc) is 2.95. The number of hydrogen-bond donors (Lipinski definition) is 0. The topological polar surface area (TPSA) is 12.9 Å². The van der Waals surface area contributed by atoms with Gasteiger partial charge in [-0.25, -0.2) is 13.8 Å². The first-order valence-corrected chi connectivity index (χ1v) is 9.26. The van der Waals surface area contributed by atoms with Crippen LogP contribution in [0.2, 0.25) is 0 Å². The fraction of sp³-hybridized carbons (Fsp3) is 0.0625. The van der Waals surface area contributed by atoms with Gasteiger partial charge in [0.25, 0.3) is 0 Å². The highest BCUT2D eigenvalue weighted by Gasteiger charge is 2.14. The zero-order chi connectivity index (χ0) is 15.5. The molecule has 0 atom stereocenters. The Morgan fingerprint density at radius 2 is 1.77 bits per heavy atom. The molecule has 0 amide bonds. The first kappa shape index (κ1) is 15.5. The number of thioether (sulfide) groups is 1. The van der Waals surface area contributed by atoms with E-state index in [1.807, 2.05) is 36.6 Å². The second-order valence-electron chi connectivity index (χ2n) is 4.36. The van der Waals surface area contributed by atoms with Crippen molar-refractivity contribution in [3.8, 4) is 10.6 Å². The molecule has 0 bridgehead atoms. The molecule has 1 aromatic heterocycles. The number of thiazole rings is 1. The van der Waals surface area contributed by atoms with Gasteiger partial charge in [0.2, 0.25) is 0 Å². The first-order chi connectivity index (χ1) is 10.7. The van der Waals surface area contributed by atoms with Gasteiger partial charge in [-0.1, -0.05) is 42.1 Å². The van der Waals surface area contributed by atoms with E-state index in [0.717, 1.165) is 25.9 Å². The maximum absolute atomic E-state index is 13.3. The molecule has 0 radical (unpaired) electrons. The van der Waals surface area contributed by atoms with E-state index in [1.165, 1.54) is 17.8 Å². The van der Waals surface area contributed by atoms with E-state index >= 15 is 0 Å². The van der Waals surface area contributed by atoms with Gasteiger partial charge in [0.05, 0.1) is 4.21 Å². The standard InChI is InChI=1S/C16H11F2NS3/c1-20-16-15(21-11-7-8-12(17)13(18)9-11)19-14(22-16)10-5-3-2-4-6-10/h2-9H,1H3. The third-order valence-electron chi connectivity index (χ3n) is 2.88. The summed E-state index contributed by atoms with van der Waals surface area (Å²) in [5.41, 5.74) is 1.06. The largest absolute Gasteiger partial charge is 0.228 e. The lowest BCUT2D eigenvalue weighted by atomic mass is 10.2. The van der Waals surface area contributed by atoms with Crippen molar-refractivity contribution in [1.29, 1.82) is 0 Å². The highest BCUT2D eigenvalue weighted by molar-refractivity contribution is 8.03. The quantitative estimate of drug-likeness (QED) is 0.538.